The van der Waals surface area contributed by atoms with Gasteiger partial charge in [-0.25, -0.2) is 4.79 Å². The van der Waals surface area contributed by atoms with E-state index in [1.807, 2.05) is 19.1 Å². The second-order valence-electron chi connectivity index (χ2n) is 8.50. The largest absolute Gasteiger partial charge is 0.423 e. The minimum atomic E-state index is -0.274. The van der Waals surface area contributed by atoms with Gasteiger partial charge < -0.3 is 9.73 Å². The molecule has 0 spiro atoms. The van der Waals surface area contributed by atoms with Crippen molar-refractivity contribution in [2.45, 2.75) is 51.6 Å². The maximum atomic E-state index is 12.4. The van der Waals surface area contributed by atoms with E-state index in [0.717, 1.165) is 66.0 Å². The number of carbonyl (C=O) groups is 1. The van der Waals surface area contributed by atoms with Gasteiger partial charge in [0.25, 0.3) is 5.91 Å². The maximum absolute atomic E-state index is 12.4. The molecule has 1 amide bonds. The lowest BCUT2D eigenvalue weighted by molar-refractivity contribution is 0.0913. The number of rotatable bonds is 4. The number of carbonyl (C=O) groups excluding carboxylic acids is 1. The summed E-state index contributed by atoms with van der Waals surface area (Å²) >= 11 is 1.54. The van der Waals surface area contributed by atoms with Crippen LogP contribution < -0.4 is 10.9 Å². The third-order valence-electron chi connectivity index (χ3n) is 6.32. The zero-order chi connectivity index (χ0) is 20.7. The molecule has 0 unspecified atom stereocenters. The van der Waals surface area contributed by atoms with Crippen LogP contribution in [-0.4, -0.2) is 29.9 Å². The van der Waals surface area contributed by atoms with Gasteiger partial charge in [-0.3, -0.25) is 9.69 Å². The Morgan fingerprint density at radius 3 is 2.67 bits per heavy atom. The molecule has 5 nitrogen and oxygen atoms in total. The van der Waals surface area contributed by atoms with E-state index in [1.165, 1.54) is 28.9 Å². The molecule has 1 fully saturated rings. The van der Waals surface area contributed by atoms with Crippen molar-refractivity contribution in [2.24, 2.45) is 0 Å². The first kappa shape index (κ1) is 19.5. The summed E-state index contributed by atoms with van der Waals surface area (Å²) in [6, 6.07) is 10.0. The first-order valence-electron chi connectivity index (χ1n) is 10.7. The summed E-state index contributed by atoms with van der Waals surface area (Å²) < 4.78 is 5.50. The van der Waals surface area contributed by atoms with Crippen molar-refractivity contribution in [3.8, 4) is 0 Å². The molecule has 2 aromatic heterocycles. The van der Waals surface area contributed by atoms with Crippen LogP contribution in [0.1, 0.15) is 50.5 Å². The lowest BCUT2D eigenvalue weighted by Crippen LogP contribution is -2.44. The molecular formula is C24H26N2O3S. The minimum absolute atomic E-state index is 0.0343. The second kappa shape index (κ2) is 8.00. The predicted octanol–water partition coefficient (Wildman–Crippen LogP) is 4.05. The van der Waals surface area contributed by atoms with Gasteiger partial charge in [0.15, 0.2) is 0 Å². The van der Waals surface area contributed by atoms with Crippen LogP contribution in [0.4, 0.5) is 0 Å². The summed E-state index contributed by atoms with van der Waals surface area (Å²) in [5.74, 6) is 0.0343. The topological polar surface area (TPSA) is 62.6 Å². The van der Waals surface area contributed by atoms with Crippen LogP contribution in [-0.2, 0) is 19.4 Å². The molecule has 0 atom stereocenters. The number of nitrogens with one attached hydrogen (secondary N) is 1. The first-order valence-corrected chi connectivity index (χ1v) is 11.5. The summed E-state index contributed by atoms with van der Waals surface area (Å²) in [4.78, 5) is 28.9. The fourth-order valence-electron chi connectivity index (χ4n) is 4.71. The Labute approximate surface area is 179 Å². The molecule has 3 aromatic rings. The summed E-state index contributed by atoms with van der Waals surface area (Å²) in [5.41, 5.74) is 4.20. The van der Waals surface area contributed by atoms with Crippen molar-refractivity contribution < 1.29 is 9.21 Å². The lowest BCUT2D eigenvalue weighted by atomic mass is 10.0. The Morgan fingerprint density at radius 1 is 1.17 bits per heavy atom. The molecule has 0 radical (unpaired) electrons. The molecule has 1 aromatic carbocycles. The van der Waals surface area contributed by atoms with E-state index < -0.39 is 0 Å². The molecule has 0 saturated carbocycles. The molecule has 156 valence electrons. The van der Waals surface area contributed by atoms with E-state index in [4.69, 9.17) is 4.42 Å². The number of fused-ring (bicyclic) bond motifs is 2. The monoisotopic (exact) mass is 422 g/mol. The highest BCUT2D eigenvalue weighted by Gasteiger charge is 2.23. The van der Waals surface area contributed by atoms with E-state index in [1.54, 1.807) is 6.07 Å². The van der Waals surface area contributed by atoms with Gasteiger partial charge >= 0.3 is 5.63 Å². The third-order valence-corrected chi connectivity index (χ3v) is 7.32. The highest BCUT2D eigenvalue weighted by atomic mass is 32.1. The van der Waals surface area contributed by atoms with Crippen molar-refractivity contribution in [2.75, 3.05) is 13.1 Å². The van der Waals surface area contributed by atoms with Gasteiger partial charge in [-0.05, 0) is 80.0 Å². The van der Waals surface area contributed by atoms with E-state index in [0.29, 0.717) is 5.58 Å². The van der Waals surface area contributed by atoms with E-state index in [2.05, 4.69) is 22.3 Å². The number of thiophene rings is 1. The standard InChI is InChI=1S/C24H26N2O3S/c1-15-5-6-22(30-15)24(28)25-19-7-9-26(10-8-19)14-18-13-23(27)29-21-12-17-4-2-3-16(17)11-20(18)21/h5-6,11-13,19H,2-4,7-10,14H2,1H3,(H,25,28). The molecule has 0 bridgehead atoms. The Hall–Kier alpha value is -2.44. The molecule has 1 aliphatic carbocycles. The van der Waals surface area contributed by atoms with Crippen LogP contribution in [0.2, 0.25) is 0 Å². The van der Waals surface area contributed by atoms with E-state index in [-0.39, 0.29) is 17.6 Å². The Bertz CT molecular complexity index is 1150. The van der Waals surface area contributed by atoms with Crippen LogP contribution in [0.3, 0.4) is 0 Å². The fraction of sp³-hybridized carbons (Fsp3) is 0.417. The van der Waals surface area contributed by atoms with Crippen LogP contribution in [0.25, 0.3) is 11.0 Å². The van der Waals surface area contributed by atoms with Crippen molar-refractivity contribution in [3.05, 3.63) is 67.2 Å². The number of hydrogen-bond acceptors (Lipinski definition) is 5. The fourth-order valence-corrected chi connectivity index (χ4v) is 5.49. The average molecular weight is 423 g/mol. The SMILES string of the molecule is Cc1ccc(C(=O)NC2CCN(Cc3cc(=O)oc4cc5c(cc34)CCC5)CC2)s1. The molecule has 5 rings (SSSR count). The number of nitrogens with zero attached hydrogens (tertiary/aromatic N) is 1. The molecule has 1 aliphatic heterocycles. The van der Waals surface area contributed by atoms with Gasteiger partial charge in [0.05, 0.1) is 4.88 Å². The molecule has 1 saturated heterocycles. The molecular weight excluding hydrogens is 396 g/mol. The van der Waals surface area contributed by atoms with E-state index >= 15 is 0 Å². The zero-order valence-electron chi connectivity index (χ0n) is 17.2. The summed E-state index contributed by atoms with van der Waals surface area (Å²) in [6.07, 6.45) is 5.20. The van der Waals surface area contributed by atoms with E-state index in [9.17, 15) is 9.59 Å². The molecule has 2 aliphatic rings. The number of hydrogen-bond donors (Lipinski definition) is 1. The number of benzene rings is 1. The Kier molecular flexibility index (Phi) is 5.21. The molecule has 6 heteroatoms. The van der Waals surface area contributed by atoms with Crippen molar-refractivity contribution >= 4 is 28.2 Å². The third kappa shape index (κ3) is 3.94. The summed E-state index contributed by atoms with van der Waals surface area (Å²) in [7, 11) is 0. The Balaban J connectivity index is 1.26. The van der Waals surface area contributed by atoms with Gasteiger partial charge in [-0.15, -0.1) is 11.3 Å². The number of likely N-dealkylation sites (tertiary alicyclic amines) is 1. The smallest absolute Gasteiger partial charge is 0.336 e. The van der Waals surface area contributed by atoms with Gasteiger partial charge in [0, 0.05) is 42.0 Å². The van der Waals surface area contributed by atoms with Crippen molar-refractivity contribution in [1.82, 2.24) is 10.2 Å². The van der Waals surface area contributed by atoms with Crippen molar-refractivity contribution in [1.29, 1.82) is 0 Å². The highest BCUT2D eigenvalue weighted by Crippen LogP contribution is 2.29. The zero-order valence-corrected chi connectivity index (χ0v) is 18.0. The van der Waals surface area contributed by atoms with Gasteiger partial charge in [-0.2, -0.15) is 0 Å². The summed E-state index contributed by atoms with van der Waals surface area (Å²) in [6.45, 7) is 4.57. The number of aryl methyl sites for hydroxylation is 3. The van der Waals surface area contributed by atoms with Crippen LogP contribution in [0, 0.1) is 6.92 Å². The quantitative estimate of drug-likeness (QED) is 0.645. The van der Waals surface area contributed by atoms with Gasteiger partial charge in [0.2, 0.25) is 0 Å². The lowest BCUT2D eigenvalue weighted by Gasteiger charge is -2.32. The van der Waals surface area contributed by atoms with Crippen LogP contribution >= 0.6 is 11.3 Å². The normalized spacial score (nSPS) is 17.4. The molecule has 3 heterocycles. The second-order valence-corrected chi connectivity index (χ2v) is 9.78. The highest BCUT2D eigenvalue weighted by molar-refractivity contribution is 7.13. The van der Waals surface area contributed by atoms with Gasteiger partial charge in [-0.1, -0.05) is 0 Å². The molecule has 30 heavy (non-hydrogen) atoms. The number of piperidine rings is 1. The maximum Gasteiger partial charge on any atom is 0.336 e. The summed E-state index contributed by atoms with van der Waals surface area (Å²) in [5, 5.41) is 4.25. The van der Waals surface area contributed by atoms with Crippen molar-refractivity contribution in [3.63, 3.8) is 0 Å². The average Bonchev–Trinajstić information content (AvgIpc) is 3.36. The molecule has 1 N–H and O–H groups in total. The van der Waals surface area contributed by atoms with Crippen LogP contribution in [0.15, 0.2) is 39.5 Å². The minimum Gasteiger partial charge on any atom is -0.423 e. The van der Waals surface area contributed by atoms with Crippen LogP contribution in [0.5, 0.6) is 0 Å². The van der Waals surface area contributed by atoms with Gasteiger partial charge in [0.1, 0.15) is 5.58 Å². The Morgan fingerprint density at radius 2 is 1.93 bits per heavy atom. The first-order chi connectivity index (χ1) is 14.5. The number of amides is 1. The predicted molar refractivity (Wildman–Crippen MR) is 119 cm³/mol.